The fraction of sp³-hybridized carbons (Fsp3) is 0.357. The SMILES string of the molecule is C[C@H](NC(=O)OCc1ccccc1)C(=O)N[C@@H](CCCN=C(N)N)C(=O)N[C@@H](C)C(=O)Nc1ccc(CC(N)=O)cc1.Cl. The Hall–Kier alpha value is -4.85. The van der Waals surface area contributed by atoms with Crippen molar-refractivity contribution < 1.29 is 28.7 Å². The topological polar surface area (TPSA) is 233 Å². The number of guanidine groups is 1. The number of nitrogens with zero attached hydrogens (tertiary/aromatic N) is 1. The van der Waals surface area contributed by atoms with Gasteiger partial charge in [-0.25, -0.2) is 4.79 Å². The third kappa shape index (κ3) is 14.1. The van der Waals surface area contributed by atoms with Gasteiger partial charge in [-0.3, -0.25) is 24.2 Å². The molecular weight excluding hydrogens is 580 g/mol. The van der Waals surface area contributed by atoms with E-state index in [9.17, 15) is 24.0 Å². The van der Waals surface area contributed by atoms with Gasteiger partial charge in [0.2, 0.25) is 23.6 Å². The van der Waals surface area contributed by atoms with E-state index >= 15 is 0 Å². The Morgan fingerprint density at radius 3 is 2.02 bits per heavy atom. The van der Waals surface area contributed by atoms with Crippen LogP contribution in [0.3, 0.4) is 0 Å². The molecule has 0 bridgehead atoms. The first-order chi connectivity index (χ1) is 19.9. The lowest BCUT2D eigenvalue weighted by Crippen LogP contribution is -2.55. The summed E-state index contributed by atoms with van der Waals surface area (Å²) in [5.74, 6) is -2.35. The Bertz CT molecular complexity index is 1260. The van der Waals surface area contributed by atoms with Crippen molar-refractivity contribution in [3.8, 4) is 0 Å². The Morgan fingerprint density at radius 2 is 1.42 bits per heavy atom. The number of hydrogen-bond donors (Lipinski definition) is 7. The Morgan fingerprint density at radius 1 is 0.791 bits per heavy atom. The monoisotopic (exact) mass is 618 g/mol. The molecule has 5 amide bonds. The molecule has 0 heterocycles. The molecule has 10 N–H and O–H groups in total. The van der Waals surface area contributed by atoms with E-state index in [1.807, 2.05) is 6.07 Å². The third-order valence-electron chi connectivity index (χ3n) is 5.87. The molecule has 0 saturated heterocycles. The maximum Gasteiger partial charge on any atom is 0.408 e. The predicted molar refractivity (Wildman–Crippen MR) is 164 cm³/mol. The van der Waals surface area contributed by atoms with Gasteiger partial charge in [0, 0.05) is 12.2 Å². The van der Waals surface area contributed by atoms with Gasteiger partial charge in [-0.15, -0.1) is 12.4 Å². The quantitative estimate of drug-likeness (QED) is 0.0838. The van der Waals surface area contributed by atoms with E-state index in [4.69, 9.17) is 21.9 Å². The van der Waals surface area contributed by atoms with Gasteiger partial charge in [0.15, 0.2) is 5.96 Å². The van der Waals surface area contributed by atoms with Crippen molar-refractivity contribution in [2.24, 2.45) is 22.2 Å². The van der Waals surface area contributed by atoms with Crippen LogP contribution in [0.4, 0.5) is 10.5 Å². The molecule has 0 aromatic heterocycles. The average Bonchev–Trinajstić information content (AvgIpc) is 2.94. The molecule has 0 fully saturated rings. The fourth-order valence-corrected chi connectivity index (χ4v) is 3.61. The Balaban J connectivity index is 0.00000924. The summed E-state index contributed by atoms with van der Waals surface area (Å²) < 4.78 is 5.14. The van der Waals surface area contributed by atoms with E-state index in [1.54, 1.807) is 48.5 Å². The molecule has 2 aromatic rings. The van der Waals surface area contributed by atoms with Crippen molar-refractivity contribution in [1.82, 2.24) is 16.0 Å². The molecular formula is C28H39ClN8O6. The Labute approximate surface area is 256 Å². The molecule has 0 aliphatic heterocycles. The maximum atomic E-state index is 13.1. The van der Waals surface area contributed by atoms with Crippen molar-refractivity contribution >= 4 is 53.8 Å². The highest BCUT2D eigenvalue weighted by Crippen LogP contribution is 2.11. The van der Waals surface area contributed by atoms with Crippen LogP contribution in [0.5, 0.6) is 0 Å². The normalized spacial score (nSPS) is 12.2. The summed E-state index contributed by atoms with van der Waals surface area (Å²) in [7, 11) is 0. The van der Waals surface area contributed by atoms with Gasteiger partial charge in [-0.1, -0.05) is 42.5 Å². The predicted octanol–water partition coefficient (Wildman–Crippen LogP) is 0.433. The van der Waals surface area contributed by atoms with E-state index in [0.717, 1.165) is 5.56 Å². The van der Waals surface area contributed by atoms with E-state index < -0.39 is 47.8 Å². The molecule has 15 heteroatoms. The van der Waals surface area contributed by atoms with Gasteiger partial charge in [-0.05, 0) is 49.9 Å². The van der Waals surface area contributed by atoms with Crippen LogP contribution in [0.15, 0.2) is 59.6 Å². The zero-order valence-electron chi connectivity index (χ0n) is 24.0. The van der Waals surface area contributed by atoms with Crippen LogP contribution in [-0.4, -0.2) is 60.4 Å². The van der Waals surface area contributed by atoms with Crippen molar-refractivity contribution in [3.05, 3.63) is 65.7 Å². The van der Waals surface area contributed by atoms with Crippen LogP contribution >= 0.6 is 12.4 Å². The summed E-state index contributed by atoms with van der Waals surface area (Å²) >= 11 is 0. The van der Waals surface area contributed by atoms with Crippen LogP contribution in [0.2, 0.25) is 0 Å². The smallest absolute Gasteiger partial charge is 0.408 e. The largest absolute Gasteiger partial charge is 0.445 e. The summed E-state index contributed by atoms with van der Waals surface area (Å²) in [5, 5.41) is 10.3. The zero-order chi connectivity index (χ0) is 31.1. The lowest BCUT2D eigenvalue weighted by Gasteiger charge is -2.23. The van der Waals surface area contributed by atoms with Gasteiger partial charge in [-0.2, -0.15) is 0 Å². The summed E-state index contributed by atoms with van der Waals surface area (Å²) in [6, 6.07) is 12.5. The first-order valence-electron chi connectivity index (χ1n) is 13.3. The molecule has 0 aliphatic rings. The van der Waals surface area contributed by atoms with Crippen LogP contribution < -0.4 is 38.5 Å². The molecule has 43 heavy (non-hydrogen) atoms. The number of nitrogens with one attached hydrogen (secondary N) is 4. The molecule has 0 spiro atoms. The fourth-order valence-electron chi connectivity index (χ4n) is 3.61. The molecule has 0 radical (unpaired) electrons. The number of carbonyl (C=O) groups excluding carboxylic acids is 5. The summed E-state index contributed by atoms with van der Waals surface area (Å²) in [6.07, 6.45) is -0.242. The molecule has 0 saturated carbocycles. The minimum atomic E-state index is -1.06. The number of carbonyl (C=O) groups is 5. The standard InChI is InChI=1S/C28H38N8O6.ClH/c1-17(24(38)35-21-12-10-19(11-13-21)15-23(29)37)33-26(40)22(9-6-14-32-27(30)31)36-25(39)18(2)34-28(41)42-16-20-7-4-3-5-8-20;/h3-5,7-8,10-13,17-18,22H,6,9,14-16H2,1-2H3,(H2,29,37)(H,33,40)(H,34,41)(H,35,38)(H,36,39)(H4,30,31,32);1H/t17-,18-,22-;/m0./s1. The first-order valence-corrected chi connectivity index (χ1v) is 13.3. The van der Waals surface area contributed by atoms with Gasteiger partial charge >= 0.3 is 6.09 Å². The molecule has 14 nitrogen and oxygen atoms in total. The van der Waals surface area contributed by atoms with E-state index in [0.29, 0.717) is 17.7 Å². The number of benzene rings is 2. The number of primary amides is 1. The molecule has 0 unspecified atom stereocenters. The highest BCUT2D eigenvalue weighted by molar-refractivity contribution is 5.98. The lowest BCUT2D eigenvalue weighted by atomic mass is 10.1. The molecule has 2 aromatic carbocycles. The van der Waals surface area contributed by atoms with Crippen LogP contribution in [-0.2, 0) is 36.9 Å². The zero-order valence-corrected chi connectivity index (χ0v) is 24.8. The minimum Gasteiger partial charge on any atom is -0.445 e. The second-order valence-corrected chi connectivity index (χ2v) is 9.50. The van der Waals surface area contributed by atoms with E-state index in [1.165, 1.54) is 13.8 Å². The maximum absolute atomic E-state index is 13.1. The first kappa shape index (κ1) is 36.2. The van der Waals surface area contributed by atoms with Crippen molar-refractivity contribution in [1.29, 1.82) is 0 Å². The van der Waals surface area contributed by atoms with Crippen molar-refractivity contribution in [3.63, 3.8) is 0 Å². The molecule has 234 valence electrons. The van der Waals surface area contributed by atoms with Crippen molar-refractivity contribution in [2.45, 2.75) is 57.8 Å². The minimum absolute atomic E-state index is 0. The highest BCUT2D eigenvalue weighted by atomic mass is 35.5. The number of anilines is 1. The number of ether oxygens (including phenoxy) is 1. The van der Waals surface area contributed by atoms with E-state index in [-0.39, 0.29) is 44.4 Å². The number of hydrogen-bond acceptors (Lipinski definition) is 7. The summed E-state index contributed by atoms with van der Waals surface area (Å²) in [4.78, 5) is 65.7. The molecule has 2 rings (SSSR count). The third-order valence-corrected chi connectivity index (χ3v) is 5.87. The highest BCUT2D eigenvalue weighted by Gasteiger charge is 2.27. The van der Waals surface area contributed by atoms with Crippen LogP contribution in [0.1, 0.15) is 37.8 Å². The number of alkyl carbamates (subject to hydrolysis) is 1. The second kappa shape index (κ2) is 18.6. The Kier molecular flexibility index (Phi) is 15.6. The number of rotatable bonds is 15. The van der Waals surface area contributed by atoms with Gasteiger partial charge in [0.25, 0.3) is 0 Å². The number of nitrogens with two attached hydrogens (primary N) is 3. The van der Waals surface area contributed by atoms with Crippen molar-refractivity contribution in [2.75, 3.05) is 11.9 Å². The summed E-state index contributed by atoms with van der Waals surface area (Å²) in [6.45, 7) is 3.16. The van der Waals surface area contributed by atoms with Gasteiger partial charge in [0.05, 0.1) is 6.42 Å². The number of amides is 5. The van der Waals surface area contributed by atoms with Crippen LogP contribution in [0.25, 0.3) is 0 Å². The average molecular weight is 619 g/mol. The number of halogens is 1. The molecule has 3 atom stereocenters. The lowest BCUT2D eigenvalue weighted by molar-refractivity contribution is -0.131. The number of aliphatic imine (C=N–C) groups is 1. The van der Waals surface area contributed by atoms with Gasteiger partial charge < -0.3 is 43.2 Å². The summed E-state index contributed by atoms with van der Waals surface area (Å²) in [5.41, 5.74) is 17.8. The van der Waals surface area contributed by atoms with Gasteiger partial charge in [0.1, 0.15) is 24.7 Å². The van der Waals surface area contributed by atoms with Crippen LogP contribution in [0, 0.1) is 0 Å². The molecule has 0 aliphatic carbocycles. The van der Waals surface area contributed by atoms with E-state index in [2.05, 4.69) is 26.3 Å². The second-order valence-electron chi connectivity index (χ2n) is 9.50.